The van der Waals surface area contributed by atoms with Crippen LogP contribution in [0.25, 0.3) is 0 Å². The summed E-state index contributed by atoms with van der Waals surface area (Å²) in [6.07, 6.45) is -3.12. The maximum atomic E-state index is 10.5. The monoisotopic (exact) mass is 461 g/mol. The van der Waals surface area contributed by atoms with Gasteiger partial charge >= 0.3 is 0 Å². The zero-order valence-corrected chi connectivity index (χ0v) is 18.3. The van der Waals surface area contributed by atoms with Gasteiger partial charge in [-0.25, -0.2) is 0 Å². The summed E-state index contributed by atoms with van der Waals surface area (Å²) < 4.78 is 12.0. The minimum Gasteiger partial charge on any atom is -0.486 e. The van der Waals surface area contributed by atoms with Crippen molar-refractivity contribution in [2.45, 2.75) is 61.9 Å². The molecule has 1 saturated heterocycles. The first-order valence-corrected chi connectivity index (χ1v) is 11.4. The Bertz CT molecular complexity index is 967. The van der Waals surface area contributed by atoms with E-state index in [0.29, 0.717) is 23.0 Å². The van der Waals surface area contributed by atoms with E-state index in [2.05, 4.69) is 11.0 Å². The normalized spacial score (nSPS) is 32.3. The molecule has 2 fully saturated rings. The molecule has 0 aromatic heterocycles. The van der Waals surface area contributed by atoms with Gasteiger partial charge in [-0.2, -0.15) is 0 Å². The second-order valence-corrected chi connectivity index (χ2v) is 9.30. The van der Waals surface area contributed by atoms with Crippen LogP contribution in [-0.2, 0) is 11.2 Å². The summed E-state index contributed by atoms with van der Waals surface area (Å²) in [4.78, 5) is 2.42. The summed E-state index contributed by atoms with van der Waals surface area (Å²) in [5, 5.41) is 40.8. The van der Waals surface area contributed by atoms with E-state index < -0.39 is 37.1 Å². The number of aliphatic hydroxyl groups is 4. The number of aliphatic hydroxyl groups excluding tert-OH is 4. The number of benzene rings is 2. The van der Waals surface area contributed by atoms with Gasteiger partial charge in [0, 0.05) is 17.5 Å². The minimum absolute atomic E-state index is 0.0898. The van der Waals surface area contributed by atoms with E-state index in [-0.39, 0.29) is 6.10 Å². The van der Waals surface area contributed by atoms with Crippen LogP contribution in [0.1, 0.15) is 30.1 Å². The van der Waals surface area contributed by atoms with E-state index in [9.17, 15) is 20.4 Å². The summed E-state index contributed by atoms with van der Waals surface area (Å²) in [6.45, 7) is 0.302. The minimum atomic E-state index is -1.42. The molecule has 1 aliphatic carbocycles. The lowest BCUT2D eigenvalue weighted by atomic mass is 9.90. The fraction of sp³-hybridized carbons (Fsp3) is 0.500. The molecule has 1 saturated carbocycles. The standard InChI is InChI=1S/C24H28ClNO6/c25-17-8-5-13(24-23(30)22(29)21(28)20(12-27)32-24)9-14(17)10-16-11-26(15-6-7-15)18-3-1-2-4-19(18)31-16/h1-5,8-9,15-16,20-24,27-30H,6-7,10-12H2/t16?,20-,21-,22+,23-,24+/m1/s1. The third-order valence-electron chi connectivity index (χ3n) is 6.59. The second-order valence-electron chi connectivity index (χ2n) is 8.90. The number of para-hydroxylation sites is 2. The van der Waals surface area contributed by atoms with Gasteiger partial charge in [-0.05, 0) is 42.2 Å². The van der Waals surface area contributed by atoms with Crippen molar-refractivity contribution >= 4 is 17.3 Å². The molecule has 2 aliphatic heterocycles. The van der Waals surface area contributed by atoms with E-state index in [1.165, 1.54) is 12.8 Å². The molecule has 0 bridgehead atoms. The van der Waals surface area contributed by atoms with Gasteiger partial charge in [0.25, 0.3) is 0 Å². The van der Waals surface area contributed by atoms with Crippen molar-refractivity contribution in [1.82, 2.24) is 0 Å². The van der Waals surface area contributed by atoms with Crippen molar-refractivity contribution in [2.75, 3.05) is 18.1 Å². The highest BCUT2D eigenvalue weighted by atomic mass is 35.5. The third-order valence-corrected chi connectivity index (χ3v) is 6.96. The Morgan fingerprint density at radius 2 is 1.78 bits per heavy atom. The quantitative estimate of drug-likeness (QED) is 0.538. The van der Waals surface area contributed by atoms with Gasteiger partial charge in [0.2, 0.25) is 0 Å². The van der Waals surface area contributed by atoms with Crippen LogP contribution in [0.4, 0.5) is 5.69 Å². The maximum absolute atomic E-state index is 10.5. The number of fused-ring (bicyclic) bond motifs is 1. The van der Waals surface area contributed by atoms with Crippen LogP contribution in [0.2, 0.25) is 5.02 Å². The maximum Gasteiger partial charge on any atom is 0.143 e. The van der Waals surface area contributed by atoms with E-state index in [4.69, 9.17) is 21.1 Å². The highest BCUT2D eigenvalue weighted by molar-refractivity contribution is 6.31. The second kappa shape index (κ2) is 8.82. The van der Waals surface area contributed by atoms with E-state index >= 15 is 0 Å². The number of ether oxygens (including phenoxy) is 2. The lowest BCUT2D eigenvalue weighted by Gasteiger charge is -2.40. The predicted octanol–water partition coefficient (Wildman–Crippen LogP) is 1.83. The molecule has 7 nitrogen and oxygen atoms in total. The zero-order valence-electron chi connectivity index (χ0n) is 17.5. The Morgan fingerprint density at radius 1 is 1.00 bits per heavy atom. The van der Waals surface area contributed by atoms with Crippen molar-refractivity contribution in [3.8, 4) is 5.75 Å². The molecule has 1 unspecified atom stereocenters. The Hall–Kier alpha value is -1.87. The number of hydrogen-bond donors (Lipinski definition) is 4. The number of rotatable bonds is 5. The van der Waals surface area contributed by atoms with Gasteiger partial charge in [-0.15, -0.1) is 0 Å². The number of halogens is 1. The molecule has 0 spiro atoms. The van der Waals surface area contributed by atoms with E-state index in [0.717, 1.165) is 23.5 Å². The Kier molecular flexibility index (Phi) is 6.05. The Morgan fingerprint density at radius 3 is 2.53 bits per heavy atom. The van der Waals surface area contributed by atoms with Gasteiger partial charge in [0.1, 0.15) is 42.4 Å². The lowest BCUT2D eigenvalue weighted by Crippen LogP contribution is -2.55. The van der Waals surface area contributed by atoms with Crippen LogP contribution in [0.5, 0.6) is 5.75 Å². The Balaban J connectivity index is 1.38. The molecule has 0 amide bonds. The van der Waals surface area contributed by atoms with Crippen molar-refractivity contribution in [3.05, 3.63) is 58.6 Å². The van der Waals surface area contributed by atoms with Crippen LogP contribution < -0.4 is 9.64 Å². The molecule has 0 radical (unpaired) electrons. The van der Waals surface area contributed by atoms with Crippen LogP contribution in [0.15, 0.2) is 42.5 Å². The fourth-order valence-electron chi connectivity index (χ4n) is 4.72. The smallest absolute Gasteiger partial charge is 0.143 e. The van der Waals surface area contributed by atoms with Crippen molar-refractivity contribution in [1.29, 1.82) is 0 Å². The summed E-state index contributed by atoms with van der Waals surface area (Å²) in [6, 6.07) is 13.9. The summed E-state index contributed by atoms with van der Waals surface area (Å²) >= 11 is 6.51. The Labute approximate surface area is 191 Å². The van der Waals surface area contributed by atoms with Gasteiger partial charge in [-0.3, -0.25) is 0 Å². The summed E-state index contributed by atoms with van der Waals surface area (Å²) in [5.74, 6) is 0.872. The van der Waals surface area contributed by atoms with Crippen LogP contribution in [0, 0.1) is 0 Å². The van der Waals surface area contributed by atoms with E-state index in [1.54, 1.807) is 12.1 Å². The number of hydrogen-bond acceptors (Lipinski definition) is 7. The number of anilines is 1. The molecule has 6 atom stereocenters. The van der Waals surface area contributed by atoms with Crippen molar-refractivity contribution < 1.29 is 29.9 Å². The summed E-state index contributed by atoms with van der Waals surface area (Å²) in [5.41, 5.74) is 2.60. The lowest BCUT2D eigenvalue weighted by molar-refractivity contribution is -0.231. The largest absolute Gasteiger partial charge is 0.486 e. The van der Waals surface area contributed by atoms with Crippen LogP contribution in [-0.4, -0.2) is 70.1 Å². The molecule has 172 valence electrons. The molecule has 5 rings (SSSR count). The third kappa shape index (κ3) is 4.09. The zero-order chi connectivity index (χ0) is 22.4. The highest BCUT2D eigenvalue weighted by Crippen LogP contribution is 2.41. The topological polar surface area (TPSA) is 103 Å². The molecule has 2 aromatic rings. The average molecular weight is 462 g/mol. The first kappa shape index (κ1) is 21.9. The first-order chi connectivity index (χ1) is 15.5. The van der Waals surface area contributed by atoms with Gasteiger partial charge in [0.05, 0.1) is 18.8 Å². The predicted molar refractivity (Wildman–Crippen MR) is 119 cm³/mol. The fourth-order valence-corrected chi connectivity index (χ4v) is 4.91. The molecule has 2 aromatic carbocycles. The molecule has 2 heterocycles. The average Bonchev–Trinajstić information content (AvgIpc) is 3.64. The van der Waals surface area contributed by atoms with Crippen molar-refractivity contribution in [2.24, 2.45) is 0 Å². The van der Waals surface area contributed by atoms with E-state index in [1.807, 2.05) is 24.3 Å². The van der Waals surface area contributed by atoms with Crippen LogP contribution >= 0.6 is 11.6 Å². The molecule has 3 aliphatic rings. The van der Waals surface area contributed by atoms with Crippen molar-refractivity contribution in [3.63, 3.8) is 0 Å². The highest BCUT2D eigenvalue weighted by Gasteiger charge is 2.44. The molecule has 8 heteroatoms. The number of nitrogens with zero attached hydrogens (tertiary/aromatic N) is 1. The van der Waals surface area contributed by atoms with Gasteiger partial charge in [-0.1, -0.05) is 35.9 Å². The first-order valence-electron chi connectivity index (χ1n) is 11.1. The van der Waals surface area contributed by atoms with Gasteiger partial charge < -0.3 is 34.8 Å². The molecule has 32 heavy (non-hydrogen) atoms. The summed E-state index contributed by atoms with van der Waals surface area (Å²) in [7, 11) is 0. The van der Waals surface area contributed by atoms with Gasteiger partial charge in [0.15, 0.2) is 0 Å². The molecular formula is C24H28ClNO6. The van der Waals surface area contributed by atoms with Crippen LogP contribution in [0.3, 0.4) is 0 Å². The molecular weight excluding hydrogens is 434 g/mol. The SMILES string of the molecule is OC[C@H]1O[C@@H](c2ccc(Cl)c(CC3CN(C4CC4)c4ccccc4O3)c2)[C@H](O)[C@@H](O)[C@@H]1O. The molecule has 4 N–H and O–H groups in total.